The van der Waals surface area contributed by atoms with Crippen LogP contribution < -0.4 is 5.32 Å². The molecule has 0 aliphatic rings. The number of hydrogen-bond donors (Lipinski definition) is 2. The Morgan fingerprint density at radius 1 is 1.27 bits per heavy atom. The van der Waals surface area contributed by atoms with Crippen molar-refractivity contribution in [3.05, 3.63) is 47.1 Å². The lowest BCUT2D eigenvalue weighted by Gasteiger charge is -2.27. The summed E-state index contributed by atoms with van der Waals surface area (Å²) in [7, 11) is 3.89. The summed E-state index contributed by atoms with van der Waals surface area (Å²) in [5, 5.41) is 13.5. The number of halogens is 1. The standard InChI is InChI=1S/C17H23FN2OS/c1-17(21,12-20(2)3)11-19-10-15-7-8-16(22-15)13-5-4-6-14(18)9-13/h4-9,19,21H,10-12H2,1-3H3. The van der Waals surface area contributed by atoms with Crippen molar-refractivity contribution in [2.75, 3.05) is 27.2 Å². The number of rotatable bonds is 7. The molecule has 3 nitrogen and oxygen atoms in total. The van der Waals surface area contributed by atoms with Crippen LogP contribution in [0.5, 0.6) is 0 Å². The second-order valence-electron chi connectivity index (χ2n) is 6.11. The third-order valence-corrected chi connectivity index (χ3v) is 4.37. The van der Waals surface area contributed by atoms with Gasteiger partial charge in [0.05, 0.1) is 5.60 Å². The maximum atomic E-state index is 13.3. The van der Waals surface area contributed by atoms with Gasteiger partial charge in [0.25, 0.3) is 0 Å². The first-order valence-corrected chi connectivity index (χ1v) is 8.10. The lowest BCUT2D eigenvalue weighted by molar-refractivity contribution is 0.0336. The summed E-state index contributed by atoms with van der Waals surface area (Å²) in [6, 6.07) is 10.7. The van der Waals surface area contributed by atoms with Crippen LogP contribution in [0.3, 0.4) is 0 Å². The molecule has 22 heavy (non-hydrogen) atoms. The van der Waals surface area contributed by atoms with Gasteiger partial charge < -0.3 is 15.3 Å². The molecule has 5 heteroatoms. The smallest absolute Gasteiger partial charge is 0.123 e. The van der Waals surface area contributed by atoms with Gasteiger partial charge in [-0.25, -0.2) is 4.39 Å². The first-order chi connectivity index (χ1) is 10.4. The summed E-state index contributed by atoms with van der Waals surface area (Å²) in [6.45, 7) is 3.66. The Kier molecular flexibility index (Phi) is 5.69. The van der Waals surface area contributed by atoms with Crippen molar-refractivity contribution in [1.82, 2.24) is 10.2 Å². The minimum atomic E-state index is -0.758. The van der Waals surface area contributed by atoms with Crippen molar-refractivity contribution < 1.29 is 9.50 Å². The summed E-state index contributed by atoms with van der Waals surface area (Å²) in [5.74, 6) is -0.217. The van der Waals surface area contributed by atoms with E-state index in [1.165, 1.54) is 10.9 Å². The Labute approximate surface area is 135 Å². The fourth-order valence-corrected chi connectivity index (χ4v) is 3.44. The Hall–Kier alpha value is -1.27. The maximum Gasteiger partial charge on any atom is 0.123 e. The second-order valence-corrected chi connectivity index (χ2v) is 7.28. The van der Waals surface area contributed by atoms with Gasteiger partial charge in [-0.3, -0.25) is 0 Å². The summed E-state index contributed by atoms with van der Waals surface area (Å²) < 4.78 is 13.3. The first kappa shape index (κ1) is 17.1. The molecule has 0 aliphatic carbocycles. The SMILES string of the molecule is CN(C)CC(C)(O)CNCc1ccc(-c2cccc(F)c2)s1. The fraction of sp³-hybridized carbons (Fsp3) is 0.412. The van der Waals surface area contributed by atoms with Gasteiger partial charge in [0.15, 0.2) is 0 Å². The van der Waals surface area contributed by atoms with Crippen LogP contribution in [-0.2, 0) is 6.54 Å². The van der Waals surface area contributed by atoms with Crippen LogP contribution in [0.1, 0.15) is 11.8 Å². The topological polar surface area (TPSA) is 35.5 Å². The molecule has 0 amide bonds. The Morgan fingerprint density at radius 2 is 2.05 bits per heavy atom. The van der Waals surface area contributed by atoms with Crippen LogP contribution >= 0.6 is 11.3 Å². The van der Waals surface area contributed by atoms with Gasteiger partial charge >= 0.3 is 0 Å². The summed E-state index contributed by atoms with van der Waals surface area (Å²) in [6.07, 6.45) is 0. The van der Waals surface area contributed by atoms with Crippen LogP contribution in [-0.4, -0.2) is 42.8 Å². The monoisotopic (exact) mass is 322 g/mol. The molecule has 0 saturated carbocycles. The van der Waals surface area contributed by atoms with Crippen molar-refractivity contribution >= 4 is 11.3 Å². The van der Waals surface area contributed by atoms with E-state index in [0.717, 1.165) is 10.4 Å². The molecule has 1 aromatic carbocycles. The van der Waals surface area contributed by atoms with Crippen molar-refractivity contribution in [1.29, 1.82) is 0 Å². The molecule has 1 heterocycles. The van der Waals surface area contributed by atoms with Crippen molar-refractivity contribution in [3.8, 4) is 10.4 Å². The molecule has 0 fully saturated rings. The molecule has 1 unspecified atom stereocenters. The molecule has 0 saturated heterocycles. The molecule has 0 aliphatic heterocycles. The Balaban J connectivity index is 1.90. The number of nitrogens with one attached hydrogen (secondary N) is 1. The number of thiophene rings is 1. The van der Waals surface area contributed by atoms with Crippen LogP contribution in [0.25, 0.3) is 10.4 Å². The van der Waals surface area contributed by atoms with E-state index in [9.17, 15) is 9.50 Å². The van der Waals surface area contributed by atoms with Gasteiger partial charge in [0.2, 0.25) is 0 Å². The van der Waals surface area contributed by atoms with E-state index >= 15 is 0 Å². The van der Waals surface area contributed by atoms with Gasteiger partial charge in [0, 0.05) is 29.4 Å². The Morgan fingerprint density at radius 3 is 2.73 bits per heavy atom. The maximum absolute atomic E-state index is 13.3. The van der Waals surface area contributed by atoms with E-state index in [0.29, 0.717) is 19.6 Å². The minimum Gasteiger partial charge on any atom is -0.388 e. The minimum absolute atomic E-state index is 0.217. The fourth-order valence-electron chi connectivity index (χ4n) is 2.46. The Bertz CT molecular complexity index is 610. The third kappa shape index (κ3) is 5.18. The normalized spacial score (nSPS) is 14.3. The number of benzene rings is 1. The predicted octanol–water partition coefficient (Wildman–Crippen LogP) is 2.96. The molecule has 2 rings (SSSR count). The highest BCUT2D eigenvalue weighted by Crippen LogP contribution is 2.28. The lowest BCUT2D eigenvalue weighted by atomic mass is 10.1. The van der Waals surface area contributed by atoms with Crippen molar-refractivity contribution in [2.45, 2.75) is 19.1 Å². The van der Waals surface area contributed by atoms with Crippen LogP contribution in [0.15, 0.2) is 36.4 Å². The first-order valence-electron chi connectivity index (χ1n) is 7.28. The molecule has 120 valence electrons. The average Bonchev–Trinajstić information content (AvgIpc) is 2.85. The van der Waals surface area contributed by atoms with E-state index < -0.39 is 5.60 Å². The predicted molar refractivity (Wildman–Crippen MR) is 90.6 cm³/mol. The van der Waals surface area contributed by atoms with E-state index in [1.807, 2.05) is 44.1 Å². The number of aliphatic hydroxyl groups is 1. The molecular formula is C17H23FN2OS. The zero-order chi connectivity index (χ0) is 16.2. The highest BCUT2D eigenvalue weighted by molar-refractivity contribution is 7.15. The van der Waals surface area contributed by atoms with Gasteiger partial charge in [-0.2, -0.15) is 0 Å². The van der Waals surface area contributed by atoms with Gasteiger partial charge in [-0.05, 0) is 50.8 Å². The molecule has 1 aromatic heterocycles. The molecular weight excluding hydrogens is 299 g/mol. The van der Waals surface area contributed by atoms with E-state index in [-0.39, 0.29) is 5.82 Å². The number of nitrogens with zero attached hydrogens (tertiary/aromatic N) is 1. The summed E-state index contributed by atoms with van der Waals surface area (Å²) in [4.78, 5) is 4.19. The molecule has 0 radical (unpaired) electrons. The molecule has 1 atom stereocenters. The third-order valence-electron chi connectivity index (χ3n) is 3.23. The largest absolute Gasteiger partial charge is 0.388 e. The number of likely N-dealkylation sites (N-methyl/N-ethyl adjacent to an activating group) is 1. The van der Waals surface area contributed by atoms with Crippen molar-refractivity contribution in [2.24, 2.45) is 0 Å². The molecule has 0 spiro atoms. The summed E-state index contributed by atoms with van der Waals surface area (Å²) >= 11 is 1.64. The van der Waals surface area contributed by atoms with Gasteiger partial charge in [0.1, 0.15) is 5.82 Å². The van der Waals surface area contributed by atoms with E-state index in [2.05, 4.69) is 5.32 Å². The zero-order valence-electron chi connectivity index (χ0n) is 13.3. The molecule has 0 bridgehead atoms. The van der Waals surface area contributed by atoms with Crippen molar-refractivity contribution in [3.63, 3.8) is 0 Å². The van der Waals surface area contributed by atoms with Gasteiger partial charge in [-0.1, -0.05) is 12.1 Å². The lowest BCUT2D eigenvalue weighted by Crippen LogP contribution is -2.45. The van der Waals surface area contributed by atoms with E-state index in [4.69, 9.17) is 0 Å². The van der Waals surface area contributed by atoms with Crippen LogP contribution in [0.4, 0.5) is 4.39 Å². The number of hydrogen-bond acceptors (Lipinski definition) is 4. The summed E-state index contributed by atoms with van der Waals surface area (Å²) in [5.41, 5.74) is 0.141. The van der Waals surface area contributed by atoms with Gasteiger partial charge in [-0.15, -0.1) is 11.3 Å². The van der Waals surface area contributed by atoms with E-state index in [1.54, 1.807) is 23.5 Å². The molecule has 2 aromatic rings. The highest BCUT2D eigenvalue weighted by atomic mass is 32.1. The highest BCUT2D eigenvalue weighted by Gasteiger charge is 2.20. The zero-order valence-corrected chi connectivity index (χ0v) is 14.1. The quantitative estimate of drug-likeness (QED) is 0.823. The molecule has 2 N–H and O–H groups in total. The average molecular weight is 322 g/mol. The van der Waals surface area contributed by atoms with Crippen LogP contribution in [0, 0.1) is 5.82 Å². The second kappa shape index (κ2) is 7.33. The van der Waals surface area contributed by atoms with Crippen LogP contribution in [0.2, 0.25) is 0 Å².